The van der Waals surface area contributed by atoms with Crippen LogP contribution in [0.5, 0.6) is 0 Å². The molecule has 0 bridgehead atoms. The second-order valence-electron chi connectivity index (χ2n) is 10.1. The van der Waals surface area contributed by atoms with Crippen molar-refractivity contribution in [2.24, 2.45) is 0 Å². The van der Waals surface area contributed by atoms with E-state index in [1.807, 2.05) is 33.2 Å². The molecular weight excluding hydrogens is 474 g/mol. The maximum absolute atomic E-state index is 12.7. The van der Waals surface area contributed by atoms with Gasteiger partial charge in [-0.25, -0.2) is 15.0 Å². The Bertz CT molecular complexity index is 1380. The van der Waals surface area contributed by atoms with E-state index >= 15 is 0 Å². The molecule has 1 atom stereocenters. The van der Waals surface area contributed by atoms with Crippen molar-refractivity contribution in [1.82, 2.24) is 35.1 Å². The first-order valence-electron chi connectivity index (χ1n) is 13.3. The lowest BCUT2D eigenvalue weighted by Gasteiger charge is -2.31. The molecule has 4 aromatic rings. The van der Waals surface area contributed by atoms with E-state index in [2.05, 4.69) is 66.6 Å². The SMILES string of the molecule is Cc1ncc(CN(Cc2ccc(CNC(=O)c3c(C)ncnc3C)cc2)C2CCCCc3cccnc32)[nH]1. The van der Waals surface area contributed by atoms with Gasteiger partial charge in [0.1, 0.15) is 12.2 Å². The molecule has 5 rings (SSSR count). The predicted octanol–water partition coefficient (Wildman–Crippen LogP) is 4.92. The van der Waals surface area contributed by atoms with E-state index in [-0.39, 0.29) is 11.9 Å². The van der Waals surface area contributed by atoms with Crippen molar-refractivity contribution in [3.05, 3.63) is 106 Å². The number of aromatic nitrogens is 5. The topological polar surface area (TPSA) is 99.7 Å². The van der Waals surface area contributed by atoms with E-state index in [4.69, 9.17) is 4.98 Å². The van der Waals surface area contributed by atoms with Crippen LogP contribution in [0, 0.1) is 20.8 Å². The summed E-state index contributed by atoms with van der Waals surface area (Å²) in [5.74, 6) is 0.781. The molecular formula is C30H35N7O. The van der Waals surface area contributed by atoms with Crippen LogP contribution in [-0.2, 0) is 26.1 Å². The minimum atomic E-state index is -0.148. The molecule has 8 nitrogen and oxygen atoms in total. The molecule has 38 heavy (non-hydrogen) atoms. The third-order valence-electron chi connectivity index (χ3n) is 7.30. The lowest BCUT2D eigenvalue weighted by Crippen LogP contribution is -2.29. The number of rotatable bonds is 8. The predicted molar refractivity (Wildman–Crippen MR) is 146 cm³/mol. The second kappa shape index (κ2) is 11.6. The Morgan fingerprint density at radius 2 is 1.74 bits per heavy atom. The fraction of sp³-hybridized carbons (Fsp3) is 0.367. The van der Waals surface area contributed by atoms with Gasteiger partial charge in [0.2, 0.25) is 0 Å². The smallest absolute Gasteiger partial charge is 0.255 e. The number of hydrogen-bond acceptors (Lipinski definition) is 6. The average Bonchev–Trinajstić information content (AvgIpc) is 3.20. The Morgan fingerprint density at radius 1 is 0.974 bits per heavy atom. The molecule has 0 radical (unpaired) electrons. The molecule has 3 aromatic heterocycles. The Hall–Kier alpha value is -3.91. The summed E-state index contributed by atoms with van der Waals surface area (Å²) in [5, 5.41) is 3.01. The quantitative estimate of drug-likeness (QED) is 0.327. The lowest BCUT2D eigenvalue weighted by atomic mass is 10.0. The van der Waals surface area contributed by atoms with E-state index in [1.165, 1.54) is 36.0 Å². The van der Waals surface area contributed by atoms with Crippen LogP contribution in [0.1, 0.15) is 81.0 Å². The van der Waals surface area contributed by atoms with E-state index < -0.39 is 0 Å². The number of nitrogens with zero attached hydrogens (tertiary/aromatic N) is 5. The van der Waals surface area contributed by atoms with Crippen molar-refractivity contribution in [2.45, 2.75) is 72.1 Å². The number of H-pyrrole nitrogens is 1. The number of imidazole rings is 1. The van der Waals surface area contributed by atoms with Crippen molar-refractivity contribution < 1.29 is 4.79 Å². The number of amides is 1. The van der Waals surface area contributed by atoms with Gasteiger partial charge >= 0.3 is 0 Å². The number of benzene rings is 1. The van der Waals surface area contributed by atoms with Gasteiger partial charge in [-0.05, 0) is 62.8 Å². The van der Waals surface area contributed by atoms with E-state index in [0.29, 0.717) is 23.5 Å². The number of aromatic amines is 1. The number of aryl methyl sites for hydroxylation is 4. The minimum Gasteiger partial charge on any atom is -0.348 e. The first-order valence-corrected chi connectivity index (χ1v) is 13.3. The third kappa shape index (κ3) is 5.97. The third-order valence-corrected chi connectivity index (χ3v) is 7.30. The molecule has 0 fully saturated rings. The van der Waals surface area contributed by atoms with Crippen molar-refractivity contribution in [3.63, 3.8) is 0 Å². The molecule has 1 aromatic carbocycles. The van der Waals surface area contributed by atoms with E-state index in [9.17, 15) is 4.79 Å². The lowest BCUT2D eigenvalue weighted by molar-refractivity contribution is 0.0948. The fourth-order valence-electron chi connectivity index (χ4n) is 5.34. The van der Waals surface area contributed by atoms with Gasteiger partial charge in [-0.1, -0.05) is 36.8 Å². The van der Waals surface area contributed by atoms with Crippen LogP contribution in [0.4, 0.5) is 0 Å². The van der Waals surface area contributed by atoms with Crippen molar-refractivity contribution in [2.75, 3.05) is 0 Å². The second-order valence-corrected chi connectivity index (χ2v) is 10.1. The van der Waals surface area contributed by atoms with Crippen LogP contribution in [0.15, 0.2) is 55.1 Å². The number of hydrogen-bond donors (Lipinski definition) is 2. The zero-order valence-corrected chi connectivity index (χ0v) is 22.4. The van der Waals surface area contributed by atoms with Gasteiger partial charge in [-0.2, -0.15) is 0 Å². The highest BCUT2D eigenvalue weighted by atomic mass is 16.1. The van der Waals surface area contributed by atoms with E-state index in [0.717, 1.165) is 43.0 Å². The van der Waals surface area contributed by atoms with Crippen molar-refractivity contribution in [3.8, 4) is 0 Å². The van der Waals surface area contributed by atoms with Gasteiger partial charge in [-0.3, -0.25) is 14.7 Å². The van der Waals surface area contributed by atoms with E-state index in [1.54, 1.807) is 0 Å². The molecule has 0 saturated carbocycles. The van der Waals surface area contributed by atoms with Gasteiger partial charge < -0.3 is 10.3 Å². The molecule has 2 N–H and O–H groups in total. The number of carbonyl (C=O) groups excluding carboxylic acids is 1. The van der Waals surface area contributed by atoms with Gasteiger partial charge in [0.05, 0.1) is 28.7 Å². The molecule has 8 heteroatoms. The minimum absolute atomic E-state index is 0.148. The molecule has 1 aliphatic rings. The molecule has 3 heterocycles. The molecule has 0 saturated heterocycles. The van der Waals surface area contributed by atoms with Gasteiger partial charge in [-0.15, -0.1) is 0 Å². The zero-order chi connectivity index (χ0) is 26.5. The Balaban J connectivity index is 1.31. The Labute approximate surface area is 224 Å². The monoisotopic (exact) mass is 509 g/mol. The van der Waals surface area contributed by atoms with Crippen LogP contribution in [0.3, 0.4) is 0 Å². The van der Waals surface area contributed by atoms with Crippen LogP contribution in [0.25, 0.3) is 0 Å². The van der Waals surface area contributed by atoms with Crippen LogP contribution in [0.2, 0.25) is 0 Å². The number of nitrogens with one attached hydrogen (secondary N) is 2. The standard InChI is InChI=1S/C30H35N7O/c1-20-28(21(2)35-19-34-20)30(38)33-15-23-10-12-24(13-11-23)17-37(18-26-16-32-22(3)36-26)27-9-5-4-7-25-8-6-14-31-29(25)27/h6,8,10-14,16,19,27H,4-5,7,9,15,17-18H2,1-3H3,(H,32,36)(H,33,38). The highest BCUT2D eigenvalue weighted by Crippen LogP contribution is 2.33. The summed E-state index contributed by atoms with van der Waals surface area (Å²) in [5.41, 5.74) is 7.87. The molecule has 0 aliphatic heterocycles. The van der Waals surface area contributed by atoms with Crippen molar-refractivity contribution in [1.29, 1.82) is 0 Å². The first-order chi connectivity index (χ1) is 18.5. The summed E-state index contributed by atoms with van der Waals surface area (Å²) in [6.45, 7) is 7.67. The largest absolute Gasteiger partial charge is 0.348 e. The van der Waals surface area contributed by atoms with Gasteiger partial charge in [0, 0.05) is 37.7 Å². The average molecular weight is 510 g/mol. The highest BCUT2D eigenvalue weighted by molar-refractivity contribution is 5.96. The summed E-state index contributed by atoms with van der Waals surface area (Å²) in [6, 6.07) is 13.0. The highest BCUT2D eigenvalue weighted by Gasteiger charge is 2.26. The first kappa shape index (κ1) is 25.7. The molecule has 1 unspecified atom stereocenters. The van der Waals surface area contributed by atoms with Gasteiger partial charge in [0.25, 0.3) is 5.91 Å². The van der Waals surface area contributed by atoms with Crippen molar-refractivity contribution >= 4 is 5.91 Å². The molecule has 196 valence electrons. The maximum atomic E-state index is 12.7. The summed E-state index contributed by atoms with van der Waals surface area (Å²) in [7, 11) is 0. The summed E-state index contributed by atoms with van der Waals surface area (Å²) >= 11 is 0. The number of pyridine rings is 1. The maximum Gasteiger partial charge on any atom is 0.255 e. The normalized spacial score (nSPS) is 15.2. The zero-order valence-electron chi connectivity index (χ0n) is 22.4. The molecule has 1 aliphatic carbocycles. The van der Waals surface area contributed by atoms with Crippen LogP contribution >= 0.6 is 0 Å². The van der Waals surface area contributed by atoms with Crippen LogP contribution < -0.4 is 5.32 Å². The fourth-order valence-corrected chi connectivity index (χ4v) is 5.34. The van der Waals surface area contributed by atoms with Crippen LogP contribution in [-0.4, -0.2) is 35.7 Å². The summed E-state index contributed by atoms with van der Waals surface area (Å²) < 4.78 is 0. The molecule has 0 spiro atoms. The Kier molecular flexibility index (Phi) is 7.89. The number of fused-ring (bicyclic) bond motifs is 1. The van der Waals surface area contributed by atoms with Gasteiger partial charge in [0.15, 0.2) is 0 Å². The Morgan fingerprint density at radius 3 is 2.47 bits per heavy atom. The molecule has 1 amide bonds. The number of carbonyl (C=O) groups is 1. The summed E-state index contributed by atoms with van der Waals surface area (Å²) in [6.07, 6.45) is 9.90. The summed E-state index contributed by atoms with van der Waals surface area (Å²) in [4.78, 5) is 36.2.